The van der Waals surface area contributed by atoms with Gasteiger partial charge in [0.05, 0.1) is 6.54 Å². The molecule has 0 saturated carbocycles. The van der Waals surface area contributed by atoms with E-state index in [0.717, 1.165) is 5.56 Å². The van der Waals surface area contributed by atoms with E-state index in [1.165, 1.54) is 26.8 Å². The second-order valence-electron chi connectivity index (χ2n) is 18.3. The highest BCUT2D eigenvalue weighted by Crippen LogP contribution is 2.27. The molecule has 0 spiro atoms. The van der Waals surface area contributed by atoms with Crippen molar-refractivity contribution in [2.45, 2.75) is 141 Å². The number of alkyl carbamates (subject to hydrolysis) is 1. The fourth-order valence-electron chi connectivity index (χ4n) is 8.73. The molecule has 0 radical (unpaired) electrons. The van der Waals surface area contributed by atoms with Crippen LogP contribution in [0.2, 0.25) is 0 Å². The Morgan fingerprint density at radius 2 is 1.32 bits per heavy atom. The third kappa shape index (κ3) is 13.9. The van der Waals surface area contributed by atoms with Crippen LogP contribution in [0.4, 0.5) is 4.79 Å². The minimum atomic E-state index is -1.16. The third-order valence-corrected chi connectivity index (χ3v) is 12.2. The van der Waals surface area contributed by atoms with Gasteiger partial charge in [0.2, 0.25) is 35.4 Å². The molecule has 0 bridgehead atoms. The lowest BCUT2D eigenvalue weighted by atomic mass is 9.99. The highest BCUT2D eigenvalue weighted by Gasteiger charge is 2.44. The largest absolute Gasteiger partial charge is 0.508 e. The molecule has 7 amide bonds. The molecule has 2 aromatic carbocycles. The number of phenols is 1. The molecular weight excluding hydrogens is 839 g/mol. The Bertz CT molecular complexity index is 2030. The fraction of sp³-hybridized carbons (Fsp3) is 0.574. The number of nitrogens with zero attached hydrogens (tertiary/aromatic N) is 3. The molecule has 3 saturated heterocycles. The summed E-state index contributed by atoms with van der Waals surface area (Å²) in [6.45, 7) is 9.05. The Labute approximate surface area is 380 Å². The van der Waals surface area contributed by atoms with Gasteiger partial charge in [-0.2, -0.15) is 0 Å². The number of likely N-dealkylation sites (tertiary alicyclic amines) is 3. The quantitative estimate of drug-likeness (QED) is 0.127. The summed E-state index contributed by atoms with van der Waals surface area (Å²) in [5.41, 5.74) is 0.722. The number of phenolic OH excluding ortho intramolecular Hbond substituents is 1. The zero-order chi connectivity index (χ0) is 47.4. The molecule has 6 N–H and O–H groups in total. The summed E-state index contributed by atoms with van der Waals surface area (Å²) in [7, 11) is 0. The first-order chi connectivity index (χ1) is 30.8. The van der Waals surface area contributed by atoms with Gasteiger partial charge >= 0.3 is 12.1 Å². The number of nitrogens with one attached hydrogen (secondary N) is 4. The molecule has 3 aliphatic heterocycles. The number of carbonyl (C=O) groups excluding carboxylic acids is 7. The normalized spacial score (nSPS) is 20.3. The molecule has 354 valence electrons. The van der Waals surface area contributed by atoms with E-state index in [2.05, 4.69) is 21.3 Å². The molecule has 18 nitrogen and oxygen atoms in total. The maximum absolute atomic E-state index is 14.5. The third-order valence-electron chi connectivity index (χ3n) is 12.2. The predicted molar refractivity (Wildman–Crippen MR) is 238 cm³/mol. The Kier molecular flexibility index (Phi) is 17.3. The van der Waals surface area contributed by atoms with Crippen molar-refractivity contribution in [1.29, 1.82) is 0 Å². The molecule has 18 heteroatoms. The van der Waals surface area contributed by atoms with Crippen molar-refractivity contribution in [3.8, 4) is 5.75 Å². The summed E-state index contributed by atoms with van der Waals surface area (Å²) in [6.07, 6.45) is 2.50. The smallest absolute Gasteiger partial charge is 0.407 e. The summed E-state index contributed by atoms with van der Waals surface area (Å²) < 4.78 is 5.47. The number of carboxylic acid groups (broad SMARTS) is 1. The first kappa shape index (κ1) is 49.8. The maximum Gasteiger partial charge on any atom is 0.407 e. The van der Waals surface area contributed by atoms with Gasteiger partial charge in [-0.15, -0.1) is 0 Å². The lowest BCUT2D eigenvalue weighted by molar-refractivity contribution is -0.148. The van der Waals surface area contributed by atoms with E-state index < -0.39 is 95.9 Å². The van der Waals surface area contributed by atoms with Crippen LogP contribution in [-0.2, 0) is 51.1 Å². The second kappa shape index (κ2) is 22.6. The van der Waals surface area contributed by atoms with Crippen LogP contribution in [0.3, 0.4) is 0 Å². The van der Waals surface area contributed by atoms with Crippen LogP contribution < -0.4 is 21.3 Å². The van der Waals surface area contributed by atoms with Crippen LogP contribution >= 0.6 is 0 Å². The number of benzene rings is 2. The van der Waals surface area contributed by atoms with Gasteiger partial charge in [-0.25, -0.2) is 9.59 Å². The van der Waals surface area contributed by atoms with Crippen molar-refractivity contribution >= 4 is 47.5 Å². The molecule has 2 aromatic rings. The first-order valence-corrected chi connectivity index (χ1v) is 22.7. The first-order valence-electron chi connectivity index (χ1n) is 22.7. The Hall–Kier alpha value is -6.20. The van der Waals surface area contributed by atoms with E-state index in [0.29, 0.717) is 56.9 Å². The van der Waals surface area contributed by atoms with Crippen LogP contribution in [-0.4, -0.2) is 140 Å². The van der Waals surface area contributed by atoms with Crippen molar-refractivity contribution in [3.63, 3.8) is 0 Å². The second-order valence-corrected chi connectivity index (χ2v) is 18.3. The predicted octanol–water partition coefficient (Wildman–Crippen LogP) is 2.65. The number of amides is 7. The molecule has 3 heterocycles. The number of aliphatic carboxylic acids is 1. The van der Waals surface area contributed by atoms with Gasteiger partial charge in [0.1, 0.15) is 41.6 Å². The van der Waals surface area contributed by atoms with E-state index in [1.54, 1.807) is 39.8 Å². The van der Waals surface area contributed by atoms with Crippen molar-refractivity contribution in [2.75, 3.05) is 26.2 Å². The fourth-order valence-corrected chi connectivity index (χ4v) is 8.73. The lowest BCUT2D eigenvalue weighted by Crippen LogP contribution is -2.57. The van der Waals surface area contributed by atoms with E-state index in [9.17, 15) is 48.6 Å². The summed E-state index contributed by atoms with van der Waals surface area (Å²) in [6, 6.07) is 9.85. The lowest BCUT2D eigenvalue weighted by Gasteiger charge is -2.33. The van der Waals surface area contributed by atoms with Crippen LogP contribution in [0.15, 0.2) is 54.6 Å². The summed E-state index contributed by atoms with van der Waals surface area (Å²) in [4.78, 5) is 112. The van der Waals surface area contributed by atoms with Gasteiger partial charge in [-0.05, 0) is 94.9 Å². The number of hydrogen-bond donors (Lipinski definition) is 6. The number of hydrogen-bond acceptors (Lipinski definition) is 10. The highest BCUT2D eigenvalue weighted by molar-refractivity contribution is 5.97. The van der Waals surface area contributed by atoms with Crippen molar-refractivity contribution in [3.05, 3.63) is 65.7 Å². The molecule has 5 rings (SSSR count). The van der Waals surface area contributed by atoms with E-state index >= 15 is 0 Å². The average molecular weight is 904 g/mol. The highest BCUT2D eigenvalue weighted by atomic mass is 16.6. The van der Waals surface area contributed by atoms with Crippen LogP contribution in [0.5, 0.6) is 5.75 Å². The monoisotopic (exact) mass is 903 g/mol. The molecule has 0 aromatic heterocycles. The SMILES string of the molecule is CC[C@H](C)[C@H](NC(=O)[C@@H]1CCCN1C(=O)CNC(=O)[C@@H]1CCCN1C(=O)[C@@H]1CCCN1C(=O)[C@H](Cc1ccc(O)cc1)NC(=O)C[C@H](Cc1ccccc1)NC(=O)OC(C)(C)C)C(=O)O. The maximum atomic E-state index is 14.5. The van der Waals surface area contributed by atoms with Crippen LogP contribution in [0, 0.1) is 5.92 Å². The zero-order valence-electron chi connectivity index (χ0n) is 38.0. The summed E-state index contributed by atoms with van der Waals surface area (Å²) in [5, 5.41) is 30.5. The van der Waals surface area contributed by atoms with E-state index in [4.69, 9.17) is 4.74 Å². The molecule has 3 fully saturated rings. The number of carbonyl (C=O) groups is 8. The number of ether oxygens (including phenoxy) is 1. The molecular formula is C47H65N7O11. The van der Waals surface area contributed by atoms with Crippen molar-refractivity contribution in [2.24, 2.45) is 5.92 Å². The van der Waals surface area contributed by atoms with Gasteiger partial charge in [-0.1, -0.05) is 62.7 Å². The van der Waals surface area contributed by atoms with E-state index in [-0.39, 0.29) is 44.1 Å². The number of rotatable bonds is 18. The molecule has 0 unspecified atom stereocenters. The standard InChI is InChI=1S/C47H65N7O11/c1-6-29(2)40(45(62)63)51-42(59)36-16-10-22-52(36)39(57)28-48-41(58)35-15-11-23-53(35)44(61)37-17-12-24-54(37)43(60)34(26-31-18-20-33(55)21-19-31)50-38(56)27-32(25-30-13-8-7-9-14-30)49-46(64)65-47(3,4)5/h7-9,13-14,18-21,29,32,34-37,40,55H,6,10-12,15-17,22-28H2,1-5H3,(H,48,58)(H,49,64)(H,50,56)(H,51,59)(H,62,63)/t29-,32-,34-,35-,36-,37-,40-/m0/s1. The van der Waals surface area contributed by atoms with Crippen LogP contribution in [0.25, 0.3) is 0 Å². The minimum absolute atomic E-state index is 0.0206. The molecule has 0 aliphatic carbocycles. The van der Waals surface area contributed by atoms with Gasteiger partial charge in [-0.3, -0.25) is 28.8 Å². The molecule has 65 heavy (non-hydrogen) atoms. The Morgan fingerprint density at radius 1 is 0.738 bits per heavy atom. The van der Waals surface area contributed by atoms with Gasteiger partial charge < -0.3 is 50.9 Å². The van der Waals surface area contributed by atoms with Crippen molar-refractivity contribution in [1.82, 2.24) is 36.0 Å². The van der Waals surface area contributed by atoms with Gasteiger partial charge in [0.15, 0.2) is 0 Å². The minimum Gasteiger partial charge on any atom is -0.508 e. The summed E-state index contributed by atoms with van der Waals surface area (Å²) >= 11 is 0. The summed E-state index contributed by atoms with van der Waals surface area (Å²) in [5.74, 6) is -4.55. The Balaban J connectivity index is 1.25. The Morgan fingerprint density at radius 3 is 1.94 bits per heavy atom. The number of aromatic hydroxyl groups is 1. The van der Waals surface area contributed by atoms with E-state index in [1.807, 2.05) is 37.3 Å². The van der Waals surface area contributed by atoms with Crippen molar-refractivity contribution < 1.29 is 53.3 Å². The molecule has 7 atom stereocenters. The zero-order valence-corrected chi connectivity index (χ0v) is 38.0. The van der Waals surface area contributed by atoms with Gasteiger partial charge in [0.25, 0.3) is 0 Å². The number of carboxylic acids is 1. The average Bonchev–Trinajstić information content (AvgIpc) is 4.06. The molecule has 3 aliphatic rings. The topological polar surface area (TPSA) is 244 Å². The van der Waals surface area contributed by atoms with Gasteiger partial charge in [0, 0.05) is 38.5 Å². The van der Waals surface area contributed by atoms with Crippen LogP contribution in [0.1, 0.15) is 97.1 Å².